The molecule has 9 rings (SSSR count). The van der Waals surface area contributed by atoms with Crippen LogP contribution in [0.4, 0.5) is 0 Å². The van der Waals surface area contributed by atoms with E-state index in [-0.39, 0.29) is 0 Å². The SMILES string of the molecule is Cc1ccc(C)c2ccccc12.Cc1ccc(C)cc1.Cc1ccc(C)nc1.Cc1ccc(C)nc1.Cc1ccc(C)s1.Cc1ccc2cc(C)ccc2c1.Cc1cccc(C)c1. The summed E-state index contributed by atoms with van der Waals surface area (Å²) in [6, 6.07) is 55.3. The van der Waals surface area contributed by atoms with E-state index in [2.05, 4.69) is 225 Å². The molecule has 0 bridgehead atoms. The van der Waals surface area contributed by atoms with E-state index in [0.717, 1.165) is 11.4 Å². The molecule has 0 fully saturated rings. The number of aryl methyl sites for hydroxylation is 14. The maximum atomic E-state index is 4.08. The van der Waals surface area contributed by atoms with Gasteiger partial charge in [0.15, 0.2) is 0 Å². The van der Waals surface area contributed by atoms with Crippen molar-refractivity contribution >= 4 is 32.9 Å². The van der Waals surface area contributed by atoms with E-state index in [9.17, 15) is 0 Å². The summed E-state index contributed by atoms with van der Waals surface area (Å²) in [5.74, 6) is 0. The predicted molar refractivity (Wildman–Crippen MR) is 280 cm³/mol. The number of rotatable bonds is 0. The van der Waals surface area contributed by atoms with Crippen LogP contribution in [-0.2, 0) is 0 Å². The average Bonchev–Trinajstić information content (AvgIpc) is 3.65. The molecule has 3 aromatic heterocycles. The first-order valence-corrected chi connectivity index (χ1v) is 22.6. The highest BCUT2D eigenvalue weighted by atomic mass is 32.1. The Morgan fingerprint density at radius 3 is 0.921 bits per heavy atom. The van der Waals surface area contributed by atoms with Gasteiger partial charge in [0.2, 0.25) is 0 Å². The lowest BCUT2D eigenvalue weighted by atomic mass is 10.0. The van der Waals surface area contributed by atoms with Gasteiger partial charge in [0.05, 0.1) is 0 Å². The van der Waals surface area contributed by atoms with Crippen LogP contribution < -0.4 is 0 Å². The smallest absolute Gasteiger partial charge is 0.0372 e. The number of nitrogens with zero attached hydrogens (tertiary/aromatic N) is 2. The molecule has 3 heterocycles. The minimum atomic E-state index is 1.08. The number of pyridine rings is 2. The van der Waals surface area contributed by atoms with Gasteiger partial charge in [-0.05, 0) is 165 Å². The van der Waals surface area contributed by atoms with Crippen molar-refractivity contribution in [1.29, 1.82) is 0 Å². The molecular weight excluding hydrogens is 781 g/mol. The van der Waals surface area contributed by atoms with Crippen LogP contribution in [0.3, 0.4) is 0 Å². The molecule has 6 aromatic carbocycles. The highest BCUT2D eigenvalue weighted by Gasteiger charge is 1.97. The summed E-state index contributed by atoms with van der Waals surface area (Å²) in [6.07, 6.45) is 3.74. The molecule has 0 spiro atoms. The van der Waals surface area contributed by atoms with Crippen LogP contribution in [0, 0.1) is 96.9 Å². The van der Waals surface area contributed by atoms with Crippen molar-refractivity contribution in [2.24, 2.45) is 0 Å². The third-order valence-electron chi connectivity index (χ3n) is 9.90. The lowest BCUT2D eigenvalue weighted by Crippen LogP contribution is -1.80. The molecule has 0 saturated carbocycles. The van der Waals surface area contributed by atoms with Crippen molar-refractivity contribution in [3.05, 3.63) is 247 Å². The molecule has 3 heteroatoms. The van der Waals surface area contributed by atoms with Gasteiger partial charge in [0.1, 0.15) is 0 Å². The number of fused-ring (bicyclic) bond motifs is 2. The minimum Gasteiger partial charge on any atom is -0.261 e. The Morgan fingerprint density at radius 2 is 0.635 bits per heavy atom. The zero-order valence-corrected chi connectivity index (χ0v) is 41.3. The van der Waals surface area contributed by atoms with Gasteiger partial charge in [0.25, 0.3) is 0 Å². The number of aromatic nitrogens is 2. The van der Waals surface area contributed by atoms with E-state index in [1.54, 1.807) is 0 Å². The van der Waals surface area contributed by atoms with Gasteiger partial charge in [0, 0.05) is 33.5 Å². The van der Waals surface area contributed by atoms with E-state index >= 15 is 0 Å². The zero-order valence-electron chi connectivity index (χ0n) is 40.5. The van der Waals surface area contributed by atoms with Crippen LogP contribution in [0.2, 0.25) is 0 Å². The largest absolute Gasteiger partial charge is 0.261 e. The van der Waals surface area contributed by atoms with Crippen molar-refractivity contribution in [3.63, 3.8) is 0 Å². The van der Waals surface area contributed by atoms with Gasteiger partial charge < -0.3 is 0 Å². The number of hydrogen-bond acceptors (Lipinski definition) is 3. The number of thiophene rings is 1. The van der Waals surface area contributed by atoms with E-state index in [0.29, 0.717) is 0 Å². The first-order valence-electron chi connectivity index (χ1n) is 21.8. The van der Waals surface area contributed by atoms with E-state index < -0.39 is 0 Å². The number of benzene rings is 6. The number of hydrogen-bond donors (Lipinski definition) is 0. The summed E-state index contributed by atoms with van der Waals surface area (Å²) in [7, 11) is 0. The molecule has 0 unspecified atom stereocenters. The lowest BCUT2D eigenvalue weighted by Gasteiger charge is -2.03. The van der Waals surface area contributed by atoms with Crippen molar-refractivity contribution in [2.75, 3.05) is 0 Å². The highest BCUT2D eigenvalue weighted by molar-refractivity contribution is 7.11. The second-order valence-corrected chi connectivity index (χ2v) is 18.0. The molecule has 0 aliphatic carbocycles. The van der Waals surface area contributed by atoms with Gasteiger partial charge in [-0.1, -0.05) is 167 Å². The molecule has 2 nitrogen and oxygen atoms in total. The standard InChI is InChI=1S/2C12H12.2C8H10.2C7H9N.C6H8S/c1-9-3-5-12-8-10(2)4-6-11(12)7-9;1-9-7-8-10(2)12-6-4-3-5-11(9)12;1-7-3-5-8(2)6-4-7;1-7-4-3-5-8(2)6-7;2*1-6-3-4-7(2)8-5-6;1-5-3-4-6(2)7-5/h2*3-8H,1-2H3;2*3-6H,1-2H3;2*3-5H,1-2H3;3-4H,1-2H3. The summed E-state index contributed by atoms with van der Waals surface area (Å²) in [6.45, 7) is 29.2. The first kappa shape index (κ1) is 51.2. The van der Waals surface area contributed by atoms with Gasteiger partial charge in [-0.2, -0.15) is 0 Å². The van der Waals surface area contributed by atoms with E-state index in [1.165, 1.54) is 86.9 Å². The Hall–Kier alpha value is -6.16. The van der Waals surface area contributed by atoms with Crippen molar-refractivity contribution in [1.82, 2.24) is 9.97 Å². The van der Waals surface area contributed by atoms with Crippen molar-refractivity contribution in [3.8, 4) is 0 Å². The molecule has 0 amide bonds. The van der Waals surface area contributed by atoms with Crippen molar-refractivity contribution in [2.45, 2.75) is 96.9 Å². The molecule has 9 aromatic rings. The topological polar surface area (TPSA) is 25.8 Å². The fourth-order valence-corrected chi connectivity index (χ4v) is 6.95. The molecular formula is C60H70N2S. The summed E-state index contributed by atoms with van der Waals surface area (Å²) in [5, 5.41) is 5.41. The molecule has 0 N–H and O–H groups in total. The van der Waals surface area contributed by atoms with Gasteiger partial charge in [-0.15, -0.1) is 11.3 Å². The van der Waals surface area contributed by atoms with Crippen LogP contribution in [0.5, 0.6) is 0 Å². The second-order valence-electron chi connectivity index (χ2n) is 16.5. The maximum Gasteiger partial charge on any atom is 0.0372 e. The third-order valence-corrected chi connectivity index (χ3v) is 10.8. The van der Waals surface area contributed by atoms with E-state index in [1.807, 2.05) is 63.6 Å². The molecule has 326 valence electrons. The Kier molecular flexibility index (Phi) is 22.0. The van der Waals surface area contributed by atoms with Gasteiger partial charge in [-0.25, -0.2) is 0 Å². The van der Waals surface area contributed by atoms with Gasteiger partial charge >= 0.3 is 0 Å². The van der Waals surface area contributed by atoms with Gasteiger partial charge in [-0.3, -0.25) is 9.97 Å². The summed E-state index contributed by atoms with van der Waals surface area (Å²) in [5.41, 5.74) is 15.3. The molecule has 0 aliphatic rings. The van der Waals surface area contributed by atoms with Crippen LogP contribution in [0.1, 0.15) is 76.8 Å². The zero-order chi connectivity index (χ0) is 46.3. The van der Waals surface area contributed by atoms with Crippen LogP contribution in [-0.4, -0.2) is 9.97 Å². The highest BCUT2D eigenvalue weighted by Crippen LogP contribution is 2.21. The molecule has 0 radical (unpaired) electrons. The van der Waals surface area contributed by atoms with Crippen LogP contribution in [0.15, 0.2) is 170 Å². The Labute approximate surface area is 384 Å². The summed E-state index contributed by atoms with van der Waals surface area (Å²) < 4.78 is 0. The lowest BCUT2D eigenvalue weighted by molar-refractivity contribution is 1.17. The predicted octanol–water partition coefficient (Wildman–Crippen LogP) is 17.3. The third kappa shape index (κ3) is 20.5. The molecule has 0 aliphatic heterocycles. The quantitative estimate of drug-likeness (QED) is 0.152. The van der Waals surface area contributed by atoms with E-state index in [4.69, 9.17) is 0 Å². The average molecular weight is 851 g/mol. The fourth-order valence-electron chi connectivity index (χ4n) is 6.17. The molecule has 63 heavy (non-hydrogen) atoms. The maximum absolute atomic E-state index is 4.08. The fraction of sp³-hybridized carbons (Fsp3) is 0.233. The molecule has 0 atom stereocenters. The minimum absolute atomic E-state index is 1.08. The molecule has 0 saturated heterocycles. The summed E-state index contributed by atoms with van der Waals surface area (Å²) in [4.78, 5) is 11.0. The van der Waals surface area contributed by atoms with Crippen LogP contribution >= 0.6 is 11.3 Å². The Morgan fingerprint density at radius 1 is 0.286 bits per heavy atom. The van der Waals surface area contributed by atoms with Crippen molar-refractivity contribution < 1.29 is 0 Å². The Balaban J connectivity index is 0.000000198. The summed E-state index contributed by atoms with van der Waals surface area (Å²) >= 11 is 1.84. The first-order chi connectivity index (χ1) is 30.0. The second kappa shape index (κ2) is 27.0. The normalized spacial score (nSPS) is 9.75. The van der Waals surface area contributed by atoms with Crippen LogP contribution in [0.25, 0.3) is 21.5 Å². The Bertz CT molecular complexity index is 2400. The monoisotopic (exact) mass is 851 g/mol.